The molecule has 0 unspecified atom stereocenters. The van der Waals surface area contributed by atoms with E-state index < -0.39 is 0 Å². The molecule has 0 aliphatic carbocycles. The van der Waals surface area contributed by atoms with Crippen LogP contribution in [0.25, 0.3) is 0 Å². The van der Waals surface area contributed by atoms with Gasteiger partial charge in [-0.1, -0.05) is 30.7 Å². The van der Waals surface area contributed by atoms with Crippen LogP contribution in [-0.4, -0.2) is 18.6 Å². The van der Waals surface area contributed by atoms with E-state index in [1.54, 1.807) is 36.3 Å². The number of pyridine rings is 1. The van der Waals surface area contributed by atoms with Gasteiger partial charge in [-0.25, -0.2) is 9.37 Å². The van der Waals surface area contributed by atoms with Crippen molar-refractivity contribution in [1.82, 2.24) is 10.3 Å². The molecule has 21 heavy (non-hydrogen) atoms. The van der Waals surface area contributed by atoms with Gasteiger partial charge in [-0.05, 0) is 36.7 Å². The minimum atomic E-state index is -0.276. The number of halogens is 2. The van der Waals surface area contributed by atoms with Gasteiger partial charge in [-0.15, -0.1) is 0 Å². The summed E-state index contributed by atoms with van der Waals surface area (Å²) >= 11 is 6.16. The summed E-state index contributed by atoms with van der Waals surface area (Å²) in [6, 6.07) is 8.51. The summed E-state index contributed by atoms with van der Waals surface area (Å²) in [7, 11) is 1.79. The van der Waals surface area contributed by atoms with Crippen LogP contribution in [0.5, 0.6) is 0 Å². The van der Waals surface area contributed by atoms with Crippen LogP contribution in [0.3, 0.4) is 0 Å². The Morgan fingerprint density at radius 2 is 2.10 bits per heavy atom. The zero-order valence-corrected chi connectivity index (χ0v) is 13.0. The van der Waals surface area contributed by atoms with E-state index in [0.717, 1.165) is 18.5 Å². The predicted octanol–water partition coefficient (Wildman–Crippen LogP) is 4.14. The molecule has 0 aliphatic heterocycles. The lowest BCUT2D eigenvalue weighted by Gasteiger charge is -2.20. The second-order valence-corrected chi connectivity index (χ2v) is 5.23. The van der Waals surface area contributed by atoms with Crippen molar-refractivity contribution in [2.45, 2.75) is 19.9 Å². The molecular weight excluding hydrogens is 289 g/mol. The molecule has 0 bridgehead atoms. The van der Waals surface area contributed by atoms with Gasteiger partial charge >= 0.3 is 0 Å². The molecule has 112 valence electrons. The fraction of sp³-hybridized carbons (Fsp3) is 0.312. The number of rotatable bonds is 6. The molecule has 0 spiro atoms. The molecule has 0 saturated carbocycles. The summed E-state index contributed by atoms with van der Waals surface area (Å²) in [4.78, 5) is 6.00. The monoisotopic (exact) mass is 307 g/mol. The highest BCUT2D eigenvalue weighted by Gasteiger charge is 2.11. The van der Waals surface area contributed by atoms with Gasteiger partial charge < -0.3 is 10.2 Å². The first kappa shape index (κ1) is 15.7. The van der Waals surface area contributed by atoms with Crippen molar-refractivity contribution in [2.75, 3.05) is 18.5 Å². The fourth-order valence-corrected chi connectivity index (χ4v) is 2.20. The number of aromatic nitrogens is 1. The van der Waals surface area contributed by atoms with Crippen LogP contribution in [0.15, 0.2) is 36.5 Å². The zero-order chi connectivity index (χ0) is 15.2. The van der Waals surface area contributed by atoms with Crippen LogP contribution >= 0.6 is 11.6 Å². The van der Waals surface area contributed by atoms with Crippen molar-refractivity contribution < 1.29 is 4.39 Å². The Labute approximate surface area is 129 Å². The summed E-state index contributed by atoms with van der Waals surface area (Å²) in [5.74, 6) is 0.389. The average molecular weight is 308 g/mol. The number of hydrogen-bond acceptors (Lipinski definition) is 3. The standard InChI is InChI=1S/C16H19ClFN3/c1-3-8-19-10-12-9-16(20-11-13(12)17)21(2)15-7-5-4-6-14(15)18/h4-7,9,11,19H,3,8,10H2,1-2H3. The van der Waals surface area contributed by atoms with E-state index in [-0.39, 0.29) is 5.82 Å². The maximum atomic E-state index is 13.8. The second-order valence-electron chi connectivity index (χ2n) is 4.82. The van der Waals surface area contributed by atoms with Gasteiger partial charge in [-0.2, -0.15) is 0 Å². The molecule has 0 saturated heterocycles. The normalized spacial score (nSPS) is 10.7. The first-order chi connectivity index (χ1) is 10.1. The minimum absolute atomic E-state index is 0.276. The van der Waals surface area contributed by atoms with Crippen molar-refractivity contribution in [3.63, 3.8) is 0 Å². The van der Waals surface area contributed by atoms with Gasteiger partial charge in [0.2, 0.25) is 0 Å². The largest absolute Gasteiger partial charge is 0.327 e. The molecule has 0 fully saturated rings. The fourth-order valence-electron chi connectivity index (χ4n) is 2.03. The van der Waals surface area contributed by atoms with Gasteiger partial charge in [0.05, 0.1) is 10.7 Å². The van der Waals surface area contributed by atoms with Crippen LogP contribution in [0.4, 0.5) is 15.9 Å². The molecule has 1 aromatic heterocycles. The van der Waals surface area contributed by atoms with Gasteiger partial charge in [0.15, 0.2) is 0 Å². The van der Waals surface area contributed by atoms with Crippen LogP contribution in [-0.2, 0) is 6.54 Å². The third-order valence-corrected chi connectivity index (χ3v) is 3.56. The number of para-hydroxylation sites is 1. The predicted molar refractivity (Wildman–Crippen MR) is 85.7 cm³/mol. The highest BCUT2D eigenvalue weighted by Crippen LogP contribution is 2.27. The molecule has 0 atom stereocenters. The van der Waals surface area contributed by atoms with Crippen LogP contribution < -0.4 is 10.2 Å². The summed E-state index contributed by atoms with van der Waals surface area (Å²) in [5.41, 5.74) is 1.44. The van der Waals surface area contributed by atoms with E-state index in [9.17, 15) is 4.39 Å². The third-order valence-electron chi connectivity index (χ3n) is 3.22. The van der Waals surface area contributed by atoms with Crippen molar-refractivity contribution in [1.29, 1.82) is 0 Å². The van der Waals surface area contributed by atoms with E-state index in [0.29, 0.717) is 23.1 Å². The number of nitrogens with zero attached hydrogens (tertiary/aromatic N) is 2. The Bertz CT molecular complexity index is 604. The third kappa shape index (κ3) is 3.93. The Morgan fingerprint density at radius 3 is 2.81 bits per heavy atom. The van der Waals surface area contributed by atoms with E-state index in [2.05, 4.69) is 17.2 Å². The Hall–Kier alpha value is -1.65. The summed E-state index contributed by atoms with van der Waals surface area (Å²) in [6.07, 6.45) is 2.67. The molecule has 1 aromatic carbocycles. The van der Waals surface area contributed by atoms with Gasteiger partial charge in [0.1, 0.15) is 11.6 Å². The first-order valence-electron chi connectivity index (χ1n) is 6.97. The lowest BCUT2D eigenvalue weighted by Crippen LogP contribution is -2.16. The maximum Gasteiger partial charge on any atom is 0.146 e. The van der Waals surface area contributed by atoms with E-state index in [4.69, 9.17) is 11.6 Å². The Balaban J connectivity index is 2.23. The minimum Gasteiger partial charge on any atom is -0.327 e. The molecule has 1 N–H and O–H groups in total. The summed E-state index contributed by atoms with van der Waals surface area (Å²) in [5, 5.41) is 3.92. The number of anilines is 2. The Morgan fingerprint density at radius 1 is 1.33 bits per heavy atom. The molecule has 1 heterocycles. The second kappa shape index (κ2) is 7.38. The van der Waals surface area contributed by atoms with Crippen molar-refractivity contribution in [3.05, 3.63) is 52.9 Å². The smallest absolute Gasteiger partial charge is 0.146 e. The lowest BCUT2D eigenvalue weighted by molar-refractivity contribution is 0.627. The Kier molecular flexibility index (Phi) is 5.53. The van der Waals surface area contributed by atoms with E-state index in [1.165, 1.54) is 6.07 Å². The molecule has 5 heteroatoms. The maximum absolute atomic E-state index is 13.8. The van der Waals surface area contributed by atoms with Gasteiger partial charge in [-0.3, -0.25) is 0 Å². The van der Waals surface area contributed by atoms with Gasteiger partial charge in [0, 0.05) is 19.8 Å². The average Bonchev–Trinajstić information content (AvgIpc) is 2.49. The van der Waals surface area contributed by atoms with Crippen LogP contribution in [0, 0.1) is 5.82 Å². The highest BCUT2D eigenvalue weighted by molar-refractivity contribution is 6.31. The SMILES string of the molecule is CCCNCc1cc(N(C)c2ccccc2F)ncc1Cl. The van der Waals surface area contributed by atoms with Crippen molar-refractivity contribution in [3.8, 4) is 0 Å². The topological polar surface area (TPSA) is 28.2 Å². The molecule has 2 aromatic rings. The van der Waals surface area contributed by atoms with Gasteiger partial charge in [0.25, 0.3) is 0 Å². The number of benzene rings is 1. The van der Waals surface area contributed by atoms with Crippen LogP contribution in [0.1, 0.15) is 18.9 Å². The molecular formula is C16H19ClFN3. The molecule has 0 aliphatic rings. The molecule has 3 nitrogen and oxygen atoms in total. The highest BCUT2D eigenvalue weighted by atomic mass is 35.5. The summed E-state index contributed by atoms with van der Waals surface area (Å²) in [6.45, 7) is 3.71. The van der Waals surface area contributed by atoms with Crippen molar-refractivity contribution >= 4 is 23.1 Å². The van der Waals surface area contributed by atoms with Crippen molar-refractivity contribution in [2.24, 2.45) is 0 Å². The van der Waals surface area contributed by atoms with E-state index in [1.807, 2.05) is 6.07 Å². The number of hydrogen-bond donors (Lipinski definition) is 1. The summed E-state index contributed by atoms with van der Waals surface area (Å²) < 4.78 is 13.8. The first-order valence-corrected chi connectivity index (χ1v) is 7.34. The van der Waals surface area contributed by atoms with E-state index >= 15 is 0 Å². The molecule has 0 radical (unpaired) electrons. The molecule has 0 amide bonds. The quantitative estimate of drug-likeness (QED) is 0.813. The van der Waals surface area contributed by atoms with Crippen LogP contribution in [0.2, 0.25) is 5.02 Å². The molecule has 2 rings (SSSR count). The zero-order valence-electron chi connectivity index (χ0n) is 12.2. The lowest BCUT2D eigenvalue weighted by atomic mass is 10.2. The number of nitrogens with one attached hydrogen (secondary N) is 1.